The lowest BCUT2D eigenvalue weighted by molar-refractivity contribution is -0.156. The van der Waals surface area contributed by atoms with Gasteiger partial charge >= 0.3 is 0 Å². The van der Waals surface area contributed by atoms with Crippen molar-refractivity contribution in [3.05, 3.63) is 59.3 Å². The topological polar surface area (TPSA) is 141 Å². The Kier molecular flexibility index (Phi) is 10.0. The molecule has 0 spiro atoms. The van der Waals surface area contributed by atoms with Gasteiger partial charge in [0.1, 0.15) is 5.69 Å². The monoisotopic (exact) mass is 513 g/mol. The van der Waals surface area contributed by atoms with E-state index in [9.17, 15) is 24.9 Å². The zero-order chi connectivity index (χ0) is 27.0. The molecule has 202 valence electrons. The molecule has 1 heterocycles. The average molecular weight is 514 g/mol. The number of aliphatic hydroxyl groups excluding tert-OH is 1. The van der Waals surface area contributed by atoms with Gasteiger partial charge in [0.15, 0.2) is 0 Å². The first kappa shape index (κ1) is 28.6. The lowest BCUT2D eigenvalue weighted by Crippen LogP contribution is -2.47. The second-order valence-corrected chi connectivity index (χ2v) is 10.1. The second kappa shape index (κ2) is 13.0. The molecule has 0 aliphatic heterocycles. The largest absolute Gasteiger partial charge is 0.481 e. The maximum absolute atomic E-state index is 13.2. The van der Waals surface area contributed by atoms with Crippen molar-refractivity contribution in [2.75, 3.05) is 7.11 Å². The van der Waals surface area contributed by atoms with E-state index in [1.165, 1.54) is 25.7 Å². The van der Waals surface area contributed by atoms with Crippen LogP contribution in [0.3, 0.4) is 0 Å². The summed E-state index contributed by atoms with van der Waals surface area (Å²) in [6, 6.07) is 11.6. The maximum atomic E-state index is 13.2. The number of ether oxygens (including phenoxy) is 1. The molecular formula is C28H39N3O6. The lowest BCUT2D eigenvalue weighted by atomic mass is 9.92. The number of hydrogen-bond acceptors (Lipinski definition) is 7. The van der Waals surface area contributed by atoms with Gasteiger partial charge in [0, 0.05) is 23.6 Å². The van der Waals surface area contributed by atoms with Gasteiger partial charge in [0.2, 0.25) is 17.6 Å². The molecule has 0 radical (unpaired) electrons. The summed E-state index contributed by atoms with van der Waals surface area (Å²) in [5, 5.41) is 37.1. The van der Waals surface area contributed by atoms with Gasteiger partial charge in [-0.15, -0.1) is 0 Å². The highest BCUT2D eigenvalue weighted by atomic mass is 16.5. The van der Waals surface area contributed by atoms with E-state index in [1.54, 1.807) is 6.92 Å². The van der Waals surface area contributed by atoms with Gasteiger partial charge < -0.3 is 30.7 Å². The molecule has 9 nitrogen and oxygen atoms in total. The molecule has 2 aromatic rings. The molecule has 0 unspecified atom stereocenters. The number of pyridine rings is 1. The van der Waals surface area contributed by atoms with E-state index in [2.05, 4.69) is 15.6 Å². The van der Waals surface area contributed by atoms with Crippen LogP contribution in [0.4, 0.5) is 0 Å². The van der Waals surface area contributed by atoms with Gasteiger partial charge in [-0.05, 0) is 44.2 Å². The molecule has 9 heteroatoms. The number of aromatic nitrogens is 1. The van der Waals surface area contributed by atoms with Crippen LogP contribution >= 0.6 is 0 Å². The van der Waals surface area contributed by atoms with Crippen molar-refractivity contribution in [3.63, 3.8) is 0 Å². The van der Waals surface area contributed by atoms with Gasteiger partial charge in [0.25, 0.3) is 5.91 Å². The number of carbonyl (C=O) groups is 2. The third kappa shape index (κ3) is 8.52. The molecule has 1 fully saturated rings. The van der Waals surface area contributed by atoms with Crippen LogP contribution in [0.5, 0.6) is 5.88 Å². The van der Waals surface area contributed by atoms with E-state index in [-0.39, 0.29) is 35.5 Å². The minimum absolute atomic E-state index is 0.0464. The summed E-state index contributed by atoms with van der Waals surface area (Å²) in [7, 11) is 1.36. The predicted octanol–water partition coefficient (Wildman–Crippen LogP) is 2.42. The van der Waals surface area contributed by atoms with Crippen LogP contribution in [-0.4, -0.2) is 57.4 Å². The first-order chi connectivity index (χ1) is 17.6. The Labute approximate surface area is 218 Å². The zero-order valence-corrected chi connectivity index (χ0v) is 21.8. The van der Waals surface area contributed by atoms with Crippen molar-refractivity contribution in [1.82, 2.24) is 15.6 Å². The number of nitrogens with zero attached hydrogens (tertiary/aromatic N) is 1. The number of hydrogen-bond donors (Lipinski definition) is 5. The first-order valence-corrected chi connectivity index (χ1v) is 12.9. The SMILES string of the molecule is COc1cc(C(=O)N[C@@H](Cc2ccccc2)[C@H](O)C[C@@H](C)C(=O)NC2CCCCC2)cc(C(C)(O)O)n1. The molecule has 5 N–H and O–H groups in total. The summed E-state index contributed by atoms with van der Waals surface area (Å²) in [5.74, 6) is -3.29. The van der Waals surface area contributed by atoms with Crippen molar-refractivity contribution in [1.29, 1.82) is 0 Å². The van der Waals surface area contributed by atoms with E-state index >= 15 is 0 Å². The average Bonchev–Trinajstić information content (AvgIpc) is 2.88. The predicted molar refractivity (Wildman–Crippen MR) is 139 cm³/mol. The Balaban J connectivity index is 1.75. The summed E-state index contributed by atoms with van der Waals surface area (Å²) in [6.07, 6.45) is 4.89. The Bertz CT molecular complexity index is 1030. The zero-order valence-electron chi connectivity index (χ0n) is 21.8. The minimum Gasteiger partial charge on any atom is -0.481 e. The number of methoxy groups -OCH3 is 1. The van der Waals surface area contributed by atoms with Crippen LogP contribution in [0.1, 0.15) is 74.0 Å². The summed E-state index contributed by atoms with van der Waals surface area (Å²) in [4.78, 5) is 30.0. The summed E-state index contributed by atoms with van der Waals surface area (Å²) in [6.45, 7) is 2.92. The number of carbonyl (C=O) groups excluding carboxylic acids is 2. The molecule has 37 heavy (non-hydrogen) atoms. The molecule has 3 atom stereocenters. The molecule has 2 amide bonds. The third-order valence-corrected chi connectivity index (χ3v) is 6.83. The van der Waals surface area contributed by atoms with Crippen molar-refractivity contribution in [2.24, 2.45) is 5.92 Å². The van der Waals surface area contributed by atoms with Gasteiger partial charge in [-0.1, -0.05) is 56.5 Å². The van der Waals surface area contributed by atoms with E-state index in [1.807, 2.05) is 30.3 Å². The van der Waals surface area contributed by atoms with Gasteiger partial charge in [-0.2, -0.15) is 0 Å². The second-order valence-electron chi connectivity index (χ2n) is 10.1. The highest BCUT2D eigenvalue weighted by molar-refractivity contribution is 5.94. The van der Waals surface area contributed by atoms with Crippen LogP contribution in [-0.2, 0) is 17.0 Å². The molecule has 1 aliphatic carbocycles. The van der Waals surface area contributed by atoms with Crippen LogP contribution in [0.25, 0.3) is 0 Å². The fourth-order valence-corrected chi connectivity index (χ4v) is 4.61. The third-order valence-electron chi connectivity index (χ3n) is 6.83. The van der Waals surface area contributed by atoms with Crippen LogP contribution in [0.2, 0.25) is 0 Å². The fourth-order valence-electron chi connectivity index (χ4n) is 4.61. The van der Waals surface area contributed by atoms with E-state index in [0.29, 0.717) is 6.42 Å². The maximum Gasteiger partial charge on any atom is 0.251 e. The Morgan fingerprint density at radius 3 is 2.43 bits per heavy atom. The molecule has 3 rings (SSSR count). The van der Waals surface area contributed by atoms with Crippen molar-refractivity contribution in [2.45, 2.75) is 82.8 Å². The van der Waals surface area contributed by atoms with Crippen LogP contribution in [0.15, 0.2) is 42.5 Å². The molecule has 1 saturated carbocycles. The Morgan fingerprint density at radius 1 is 1.14 bits per heavy atom. The van der Waals surface area contributed by atoms with Crippen LogP contribution in [0, 0.1) is 5.92 Å². The molecule has 1 aromatic heterocycles. The molecule has 1 aromatic carbocycles. The van der Waals surface area contributed by atoms with E-state index < -0.39 is 29.8 Å². The smallest absolute Gasteiger partial charge is 0.251 e. The van der Waals surface area contributed by atoms with Crippen LogP contribution < -0.4 is 15.4 Å². The van der Waals surface area contributed by atoms with Gasteiger partial charge in [-0.25, -0.2) is 4.98 Å². The summed E-state index contributed by atoms with van der Waals surface area (Å²) < 4.78 is 5.12. The summed E-state index contributed by atoms with van der Waals surface area (Å²) >= 11 is 0. The number of amides is 2. The molecular weight excluding hydrogens is 474 g/mol. The van der Waals surface area contributed by atoms with Crippen molar-refractivity contribution in [3.8, 4) is 5.88 Å². The highest BCUT2D eigenvalue weighted by Gasteiger charge is 2.29. The quantitative estimate of drug-likeness (QED) is 0.291. The van der Waals surface area contributed by atoms with E-state index in [4.69, 9.17) is 4.74 Å². The van der Waals surface area contributed by atoms with Gasteiger partial charge in [0.05, 0.1) is 19.3 Å². The number of benzene rings is 1. The number of rotatable bonds is 11. The Hall–Kier alpha value is -3.01. The molecule has 0 bridgehead atoms. The highest BCUT2D eigenvalue weighted by Crippen LogP contribution is 2.22. The number of aliphatic hydroxyl groups is 3. The van der Waals surface area contributed by atoms with E-state index in [0.717, 1.165) is 38.2 Å². The first-order valence-electron chi connectivity index (χ1n) is 12.9. The molecule has 0 saturated heterocycles. The summed E-state index contributed by atoms with van der Waals surface area (Å²) in [5.41, 5.74) is 0.868. The van der Waals surface area contributed by atoms with Crippen molar-refractivity contribution >= 4 is 11.8 Å². The number of nitrogens with one attached hydrogen (secondary N) is 2. The van der Waals surface area contributed by atoms with Crippen molar-refractivity contribution < 1.29 is 29.6 Å². The standard InChI is InChI=1S/C28H39N3O6/c1-18(26(33)29-21-12-8-5-9-13-21)14-23(32)22(15-19-10-6-4-7-11-19)30-27(34)20-16-24(28(2,35)36)31-25(17-20)37-3/h4,6-7,10-11,16-18,21-23,32,35-36H,5,8-9,12-15H2,1-3H3,(H,29,33)(H,30,34)/t18-,22+,23-/m1/s1. The Morgan fingerprint density at radius 2 is 1.81 bits per heavy atom. The fraction of sp³-hybridized carbons (Fsp3) is 0.536. The lowest BCUT2D eigenvalue weighted by Gasteiger charge is -2.28. The minimum atomic E-state index is -2.27. The normalized spacial score (nSPS) is 16.9. The van der Waals surface area contributed by atoms with Gasteiger partial charge in [-0.3, -0.25) is 9.59 Å². The molecule has 1 aliphatic rings.